The molecular formula is C14H21NO2. The summed E-state index contributed by atoms with van der Waals surface area (Å²) in [5, 5.41) is 9.48. The minimum atomic E-state index is -0.391. The number of anilines is 1. The van der Waals surface area contributed by atoms with Gasteiger partial charge in [-0.2, -0.15) is 0 Å². The average Bonchev–Trinajstić information content (AvgIpc) is 3.14. The first-order valence-corrected chi connectivity index (χ1v) is 6.26. The molecule has 1 saturated carbocycles. The SMILES string of the molecule is COCCN(c1ccc(C(C)O)cc1)C1CC1. The first kappa shape index (κ1) is 12.4. The monoisotopic (exact) mass is 235 g/mol. The Kier molecular flexibility index (Phi) is 4.02. The third-order valence-corrected chi connectivity index (χ3v) is 3.23. The van der Waals surface area contributed by atoms with E-state index in [-0.39, 0.29) is 0 Å². The van der Waals surface area contributed by atoms with Crippen LogP contribution < -0.4 is 4.90 Å². The Morgan fingerprint density at radius 3 is 2.47 bits per heavy atom. The smallest absolute Gasteiger partial charge is 0.0761 e. The van der Waals surface area contributed by atoms with Crippen molar-refractivity contribution in [1.82, 2.24) is 0 Å². The van der Waals surface area contributed by atoms with Gasteiger partial charge >= 0.3 is 0 Å². The quantitative estimate of drug-likeness (QED) is 0.821. The maximum Gasteiger partial charge on any atom is 0.0761 e. The van der Waals surface area contributed by atoms with Crippen LogP contribution in [0.1, 0.15) is 31.4 Å². The van der Waals surface area contributed by atoms with E-state index in [1.165, 1.54) is 18.5 Å². The van der Waals surface area contributed by atoms with Crippen LogP contribution in [0.25, 0.3) is 0 Å². The Hall–Kier alpha value is -1.06. The van der Waals surface area contributed by atoms with Crippen LogP contribution in [0, 0.1) is 0 Å². The van der Waals surface area contributed by atoms with E-state index in [2.05, 4.69) is 17.0 Å². The highest BCUT2D eigenvalue weighted by Gasteiger charge is 2.28. The first-order valence-electron chi connectivity index (χ1n) is 6.26. The van der Waals surface area contributed by atoms with E-state index in [0.29, 0.717) is 6.04 Å². The van der Waals surface area contributed by atoms with Crippen molar-refractivity contribution in [3.05, 3.63) is 29.8 Å². The van der Waals surface area contributed by atoms with Gasteiger partial charge in [0.2, 0.25) is 0 Å². The number of hydrogen-bond donors (Lipinski definition) is 1. The first-order chi connectivity index (χ1) is 8.22. The second-order valence-corrected chi connectivity index (χ2v) is 4.68. The predicted molar refractivity (Wildman–Crippen MR) is 69.3 cm³/mol. The maximum atomic E-state index is 9.48. The fourth-order valence-corrected chi connectivity index (χ4v) is 2.04. The lowest BCUT2D eigenvalue weighted by molar-refractivity contribution is 0.199. The molecule has 1 aliphatic carbocycles. The highest BCUT2D eigenvalue weighted by molar-refractivity contribution is 5.50. The Labute approximate surface area is 103 Å². The summed E-state index contributed by atoms with van der Waals surface area (Å²) in [5.41, 5.74) is 2.20. The molecule has 0 radical (unpaired) electrons. The van der Waals surface area contributed by atoms with Crippen LogP contribution in [0.2, 0.25) is 0 Å². The second-order valence-electron chi connectivity index (χ2n) is 4.68. The molecule has 0 aromatic heterocycles. The van der Waals surface area contributed by atoms with E-state index in [9.17, 15) is 5.11 Å². The van der Waals surface area contributed by atoms with E-state index in [0.717, 1.165) is 18.7 Å². The topological polar surface area (TPSA) is 32.7 Å². The fourth-order valence-electron chi connectivity index (χ4n) is 2.04. The molecule has 0 bridgehead atoms. The molecule has 0 aliphatic heterocycles. The Balaban J connectivity index is 2.07. The molecule has 94 valence electrons. The van der Waals surface area contributed by atoms with Crippen molar-refractivity contribution in [2.24, 2.45) is 0 Å². The third kappa shape index (κ3) is 3.20. The van der Waals surface area contributed by atoms with E-state index in [1.807, 2.05) is 12.1 Å². The van der Waals surface area contributed by atoms with Crippen molar-refractivity contribution >= 4 is 5.69 Å². The lowest BCUT2D eigenvalue weighted by atomic mass is 10.1. The van der Waals surface area contributed by atoms with E-state index >= 15 is 0 Å². The van der Waals surface area contributed by atoms with Crippen LogP contribution in [0.4, 0.5) is 5.69 Å². The summed E-state index contributed by atoms with van der Waals surface area (Å²) in [7, 11) is 1.74. The van der Waals surface area contributed by atoms with Crippen LogP contribution >= 0.6 is 0 Å². The van der Waals surface area contributed by atoms with Crippen molar-refractivity contribution in [3.8, 4) is 0 Å². The lowest BCUT2D eigenvalue weighted by Gasteiger charge is -2.24. The summed E-state index contributed by atoms with van der Waals surface area (Å²) < 4.78 is 5.15. The predicted octanol–water partition coefficient (Wildman–Crippen LogP) is 2.36. The Bertz CT molecular complexity index is 344. The van der Waals surface area contributed by atoms with Crippen LogP contribution in [0.5, 0.6) is 0 Å². The number of aliphatic hydroxyl groups excluding tert-OH is 1. The number of hydrogen-bond acceptors (Lipinski definition) is 3. The van der Waals surface area contributed by atoms with Gasteiger partial charge in [-0.1, -0.05) is 12.1 Å². The van der Waals surface area contributed by atoms with Crippen LogP contribution in [0.3, 0.4) is 0 Å². The molecule has 1 fully saturated rings. The number of methoxy groups -OCH3 is 1. The molecule has 2 rings (SSSR count). The summed E-state index contributed by atoms with van der Waals surface area (Å²) in [5.74, 6) is 0. The van der Waals surface area contributed by atoms with E-state index in [1.54, 1.807) is 14.0 Å². The molecule has 1 aromatic carbocycles. The summed E-state index contributed by atoms with van der Waals surface area (Å²) in [6, 6.07) is 8.87. The van der Waals surface area contributed by atoms with Gasteiger partial charge in [0.05, 0.1) is 12.7 Å². The number of ether oxygens (including phenoxy) is 1. The molecule has 3 heteroatoms. The van der Waals surface area contributed by atoms with Crippen molar-refractivity contribution < 1.29 is 9.84 Å². The second kappa shape index (κ2) is 5.52. The third-order valence-electron chi connectivity index (χ3n) is 3.23. The van der Waals surface area contributed by atoms with Gasteiger partial charge in [0.25, 0.3) is 0 Å². The molecule has 0 heterocycles. The van der Waals surface area contributed by atoms with Gasteiger partial charge in [-0.15, -0.1) is 0 Å². The summed E-state index contributed by atoms with van der Waals surface area (Å²) in [6.45, 7) is 3.49. The average molecular weight is 235 g/mol. The number of benzene rings is 1. The molecule has 1 aromatic rings. The maximum absolute atomic E-state index is 9.48. The Morgan fingerprint density at radius 2 is 2.00 bits per heavy atom. The summed E-state index contributed by atoms with van der Waals surface area (Å²) >= 11 is 0. The zero-order valence-corrected chi connectivity index (χ0v) is 10.6. The van der Waals surface area contributed by atoms with Crippen LogP contribution in [0.15, 0.2) is 24.3 Å². The zero-order chi connectivity index (χ0) is 12.3. The van der Waals surface area contributed by atoms with E-state index in [4.69, 9.17) is 4.74 Å². The van der Waals surface area contributed by atoms with Crippen molar-refractivity contribution in [2.45, 2.75) is 31.9 Å². The van der Waals surface area contributed by atoms with Crippen LogP contribution in [-0.2, 0) is 4.74 Å². The lowest BCUT2D eigenvalue weighted by Crippen LogP contribution is -2.29. The molecule has 1 N–H and O–H groups in total. The summed E-state index contributed by atoms with van der Waals surface area (Å²) in [6.07, 6.45) is 2.17. The molecule has 0 saturated heterocycles. The molecule has 1 unspecified atom stereocenters. The molecule has 3 nitrogen and oxygen atoms in total. The highest BCUT2D eigenvalue weighted by Crippen LogP contribution is 2.31. The summed E-state index contributed by atoms with van der Waals surface area (Å²) in [4.78, 5) is 2.40. The molecule has 0 spiro atoms. The molecule has 0 amide bonds. The highest BCUT2D eigenvalue weighted by atomic mass is 16.5. The molecule has 1 aliphatic rings. The van der Waals surface area contributed by atoms with Gasteiger partial charge in [-0.25, -0.2) is 0 Å². The zero-order valence-electron chi connectivity index (χ0n) is 10.6. The van der Waals surface area contributed by atoms with Crippen molar-refractivity contribution in [1.29, 1.82) is 0 Å². The van der Waals surface area contributed by atoms with Gasteiger partial charge in [-0.3, -0.25) is 0 Å². The van der Waals surface area contributed by atoms with Crippen LogP contribution in [-0.4, -0.2) is 31.4 Å². The van der Waals surface area contributed by atoms with Crippen molar-refractivity contribution in [2.75, 3.05) is 25.2 Å². The van der Waals surface area contributed by atoms with Gasteiger partial charge in [0.15, 0.2) is 0 Å². The molecular weight excluding hydrogens is 214 g/mol. The molecule has 1 atom stereocenters. The minimum absolute atomic E-state index is 0.391. The van der Waals surface area contributed by atoms with Gasteiger partial charge in [0, 0.05) is 25.4 Å². The molecule has 17 heavy (non-hydrogen) atoms. The van der Waals surface area contributed by atoms with Gasteiger partial charge in [-0.05, 0) is 37.5 Å². The van der Waals surface area contributed by atoms with Gasteiger partial charge in [0.1, 0.15) is 0 Å². The largest absolute Gasteiger partial charge is 0.389 e. The van der Waals surface area contributed by atoms with Gasteiger partial charge < -0.3 is 14.7 Å². The normalized spacial score (nSPS) is 16.9. The van der Waals surface area contributed by atoms with E-state index < -0.39 is 6.10 Å². The minimum Gasteiger partial charge on any atom is -0.389 e. The Morgan fingerprint density at radius 1 is 1.35 bits per heavy atom. The number of aliphatic hydroxyl groups is 1. The number of nitrogens with zero attached hydrogens (tertiary/aromatic N) is 1. The number of rotatable bonds is 6. The van der Waals surface area contributed by atoms with Crippen molar-refractivity contribution in [3.63, 3.8) is 0 Å². The fraction of sp³-hybridized carbons (Fsp3) is 0.571. The standard InChI is InChI=1S/C14H21NO2/c1-11(16)12-3-5-13(6-4-12)15(9-10-17-2)14-7-8-14/h3-6,11,14,16H,7-10H2,1-2H3.